The van der Waals surface area contributed by atoms with Gasteiger partial charge >= 0.3 is 12.1 Å². The molecule has 13 heteroatoms. The molecule has 1 amide bonds. The molecule has 0 fully saturated rings. The van der Waals surface area contributed by atoms with Crippen molar-refractivity contribution in [1.29, 1.82) is 0 Å². The van der Waals surface area contributed by atoms with Crippen molar-refractivity contribution in [3.8, 4) is 11.5 Å². The van der Waals surface area contributed by atoms with Gasteiger partial charge in [0.25, 0.3) is 0 Å². The molecule has 4 heterocycles. The molecule has 1 atom stereocenters. The number of nitrogens with one attached hydrogen (secondary N) is 1. The van der Waals surface area contributed by atoms with E-state index in [4.69, 9.17) is 5.73 Å². The number of nitrogen functional groups attached to an aromatic ring is 1. The van der Waals surface area contributed by atoms with E-state index in [9.17, 15) is 26.7 Å². The Balaban J connectivity index is 1.60. The summed E-state index contributed by atoms with van der Waals surface area (Å²) < 4.78 is 67.2. The van der Waals surface area contributed by atoms with Gasteiger partial charge in [-0.25, -0.2) is 19.9 Å². The van der Waals surface area contributed by atoms with Gasteiger partial charge in [-0.05, 0) is 25.3 Å². The number of hydrogen-bond acceptors (Lipinski definition) is 6. The van der Waals surface area contributed by atoms with E-state index in [1.165, 1.54) is 10.6 Å². The molecule has 8 nitrogen and oxygen atoms in total. The summed E-state index contributed by atoms with van der Waals surface area (Å²) in [5.41, 5.74) is 6.94. The number of rotatable bonds is 6. The summed E-state index contributed by atoms with van der Waals surface area (Å²) >= 11 is 0. The molecule has 3 N–H and O–H groups in total. The number of fused-ring (bicyclic) bond motifs is 2. The van der Waals surface area contributed by atoms with E-state index < -0.39 is 30.4 Å². The molecule has 38 heavy (non-hydrogen) atoms. The summed E-state index contributed by atoms with van der Waals surface area (Å²) in [4.78, 5) is 30.5. The predicted molar refractivity (Wildman–Crippen MR) is 129 cm³/mol. The Labute approximate surface area is 213 Å². The zero-order chi connectivity index (χ0) is 27.5. The number of nitrogens with two attached hydrogens (primary N) is 1. The van der Waals surface area contributed by atoms with Crippen LogP contribution in [0.1, 0.15) is 42.8 Å². The van der Waals surface area contributed by atoms with Crippen LogP contribution in [0.3, 0.4) is 0 Å². The lowest BCUT2D eigenvalue weighted by Gasteiger charge is -2.23. The standard InChI is InChI=1S/C25H22F5N7O/c1-3-14-11-37-12-16(33-15(21(37)32-14)9-10-24(26,27)25(28,29)30)19-34-18(31)17-20(35-19)36-22(38)23(17,2)13-7-5-4-6-8-13/h4-8,11-12H,3,9-10H2,1-2H3,(H3,31,34,35,36,38). The number of amides is 1. The Morgan fingerprint density at radius 2 is 1.74 bits per heavy atom. The predicted octanol–water partition coefficient (Wildman–Crippen LogP) is 4.72. The van der Waals surface area contributed by atoms with E-state index >= 15 is 0 Å². The van der Waals surface area contributed by atoms with Crippen molar-refractivity contribution < 1.29 is 26.7 Å². The van der Waals surface area contributed by atoms with Crippen LogP contribution in [0, 0.1) is 0 Å². The number of carbonyl (C=O) groups is 1. The van der Waals surface area contributed by atoms with E-state index in [1.54, 1.807) is 37.4 Å². The van der Waals surface area contributed by atoms with Crippen molar-refractivity contribution in [2.75, 3.05) is 11.1 Å². The lowest BCUT2D eigenvalue weighted by Crippen LogP contribution is -2.36. The molecular formula is C25H22F5N7O. The summed E-state index contributed by atoms with van der Waals surface area (Å²) in [6.45, 7) is 3.52. The fourth-order valence-corrected chi connectivity index (χ4v) is 4.54. The lowest BCUT2D eigenvalue weighted by atomic mass is 9.78. The van der Waals surface area contributed by atoms with Crippen LogP contribution in [0.15, 0.2) is 42.7 Å². The molecule has 0 saturated carbocycles. The van der Waals surface area contributed by atoms with Gasteiger partial charge in [0.15, 0.2) is 11.5 Å². The number of imidazole rings is 1. The SMILES string of the molecule is CCc1cn2cc(-c3nc(N)c4c(n3)NC(=O)C4(C)c3ccccc3)nc(CCC(F)(F)C(F)(F)F)c2n1. The number of aryl methyl sites for hydroxylation is 2. The number of alkyl halides is 5. The second-order valence-electron chi connectivity index (χ2n) is 9.19. The van der Waals surface area contributed by atoms with E-state index in [2.05, 4.69) is 25.3 Å². The van der Waals surface area contributed by atoms with Gasteiger partial charge in [-0.1, -0.05) is 37.3 Å². The van der Waals surface area contributed by atoms with Crippen molar-refractivity contribution in [2.24, 2.45) is 0 Å². The molecule has 0 bridgehead atoms. The number of aromatic nitrogens is 5. The first-order valence-electron chi connectivity index (χ1n) is 11.7. The third kappa shape index (κ3) is 4.02. The van der Waals surface area contributed by atoms with Crippen molar-refractivity contribution >= 4 is 23.2 Å². The van der Waals surface area contributed by atoms with Gasteiger partial charge in [-0.15, -0.1) is 0 Å². The Bertz CT molecular complexity index is 1550. The Kier molecular flexibility index (Phi) is 5.84. The van der Waals surface area contributed by atoms with Crippen LogP contribution in [-0.2, 0) is 23.1 Å². The van der Waals surface area contributed by atoms with Crippen LogP contribution in [0.25, 0.3) is 17.2 Å². The van der Waals surface area contributed by atoms with Crippen LogP contribution < -0.4 is 11.1 Å². The first kappa shape index (κ1) is 25.5. The minimum absolute atomic E-state index is 0.00151. The number of halogens is 5. The molecule has 3 aromatic heterocycles. The number of hydrogen-bond donors (Lipinski definition) is 2. The first-order valence-corrected chi connectivity index (χ1v) is 11.7. The molecule has 5 rings (SSSR count). The maximum Gasteiger partial charge on any atom is 0.453 e. The van der Waals surface area contributed by atoms with Gasteiger partial charge in [0, 0.05) is 18.8 Å². The van der Waals surface area contributed by atoms with Crippen LogP contribution in [-0.4, -0.2) is 42.3 Å². The van der Waals surface area contributed by atoms with Crippen molar-refractivity contribution in [3.63, 3.8) is 0 Å². The normalized spacial score (nSPS) is 17.6. The minimum Gasteiger partial charge on any atom is -0.383 e. The molecule has 0 spiro atoms. The Hall–Kier alpha value is -4.16. The van der Waals surface area contributed by atoms with Crippen molar-refractivity contribution in [3.05, 3.63) is 65.2 Å². The number of benzene rings is 1. The number of anilines is 2. The second kappa shape index (κ2) is 8.71. The third-order valence-corrected chi connectivity index (χ3v) is 6.71. The van der Waals surface area contributed by atoms with Crippen LogP contribution in [0.5, 0.6) is 0 Å². The van der Waals surface area contributed by atoms with Crippen molar-refractivity contribution in [1.82, 2.24) is 24.3 Å². The number of nitrogens with zero attached hydrogens (tertiary/aromatic N) is 5. The van der Waals surface area contributed by atoms with E-state index in [0.717, 1.165) is 0 Å². The van der Waals surface area contributed by atoms with E-state index in [1.807, 2.05) is 13.0 Å². The zero-order valence-electron chi connectivity index (χ0n) is 20.3. The zero-order valence-corrected chi connectivity index (χ0v) is 20.3. The van der Waals surface area contributed by atoms with Gasteiger partial charge in [0.1, 0.15) is 22.7 Å². The van der Waals surface area contributed by atoms with E-state index in [-0.39, 0.29) is 40.4 Å². The van der Waals surface area contributed by atoms with Gasteiger partial charge in [0.05, 0.1) is 17.0 Å². The van der Waals surface area contributed by atoms with Crippen LogP contribution in [0.2, 0.25) is 0 Å². The topological polar surface area (TPSA) is 111 Å². The molecule has 0 saturated heterocycles. The lowest BCUT2D eigenvalue weighted by molar-refractivity contribution is -0.284. The quantitative estimate of drug-likeness (QED) is 0.349. The minimum atomic E-state index is -5.69. The maximum atomic E-state index is 13.7. The molecule has 1 aliphatic heterocycles. The summed E-state index contributed by atoms with van der Waals surface area (Å²) in [5.74, 6) is -5.13. The summed E-state index contributed by atoms with van der Waals surface area (Å²) in [6, 6.07) is 8.95. The molecule has 1 unspecified atom stereocenters. The maximum absolute atomic E-state index is 13.7. The van der Waals surface area contributed by atoms with Gasteiger partial charge < -0.3 is 15.5 Å². The Morgan fingerprint density at radius 3 is 2.39 bits per heavy atom. The second-order valence-corrected chi connectivity index (χ2v) is 9.19. The third-order valence-electron chi connectivity index (χ3n) is 6.71. The monoisotopic (exact) mass is 531 g/mol. The highest BCUT2D eigenvalue weighted by Gasteiger charge is 2.56. The highest BCUT2D eigenvalue weighted by atomic mass is 19.4. The summed E-state index contributed by atoms with van der Waals surface area (Å²) in [7, 11) is 0. The van der Waals surface area contributed by atoms with Crippen molar-refractivity contribution in [2.45, 2.75) is 50.6 Å². The Morgan fingerprint density at radius 1 is 1.03 bits per heavy atom. The van der Waals surface area contributed by atoms with Gasteiger partial charge in [0.2, 0.25) is 5.91 Å². The van der Waals surface area contributed by atoms with Gasteiger partial charge in [-0.3, -0.25) is 4.79 Å². The molecule has 1 aromatic carbocycles. The molecule has 0 radical (unpaired) electrons. The molecule has 4 aromatic rings. The molecule has 1 aliphatic rings. The molecule has 198 valence electrons. The fourth-order valence-electron chi connectivity index (χ4n) is 4.54. The fraction of sp³-hybridized carbons (Fsp3) is 0.320. The van der Waals surface area contributed by atoms with Gasteiger partial charge in [-0.2, -0.15) is 22.0 Å². The highest BCUT2D eigenvalue weighted by molar-refractivity contribution is 6.09. The molecule has 0 aliphatic carbocycles. The summed E-state index contributed by atoms with van der Waals surface area (Å²) in [5, 5.41) is 2.72. The number of carbonyl (C=O) groups excluding carboxylic acids is 1. The van der Waals surface area contributed by atoms with Crippen LogP contribution in [0.4, 0.5) is 33.6 Å². The average Bonchev–Trinajstić information content (AvgIpc) is 3.41. The molecular weight excluding hydrogens is 509 g/mol. The van der Waals surface area contributed by atoms with Crippen LogP contribution >= 0.6 is 0 Å². The highest BCUT2D eigenvalue weighted by Crippen LogP contribution is 2.45. The first-order chi connectivity index (χ1) is 17.8. The average molecular weight is 531 g/mol. The largest absolute Gasteiger partial charge is 0.453 e. The van der Waals surface area contributed by atoms with E-state index in [0.29, 0.717) is 23.2 Å². The summed E-state index contributed by atoms with van der Waals surface area (Å²) in [6.07, 6.45) is -4.28. The smallest absolute Gasteiger partial charge is 0.383 e.